The summed E-state index contributed by atoms with van der Waals surface area (Å²) in [4.78, 5) is 50.8. The van der Waals surface area contributed by atoms with E-state index in [1.165, 1.54) is 67.3 Å². The number of anilines is 3. The molecule has 0 radical (unpaired) electrons. The van der Waals surface area contributed by atoms with E-state index < -0.39 is 29.6 Å². The van der Waals surface area contributed by atoms with E-state index in [9.17, 15) is 27.3 Å². The van der Waals surface area contributed by atoms with Gasteiger partial charge in [-0.1, -0.05) is 126 Å². The molecular weight excluding hydrogens is 1260 g/mol. The number of para-hydroxylation sites is 2. The smallest absolute Gasteiger partial charge is 0.422 e. The number of thioether (sulfide) groups is 1. The van der Waals surface area contributed by atoms with Crippen molar-refractivity contribution in [2.45, 2.75) is 62.0 Å². The fraction of sp³-hybridized carbons (Fsp3) is 0.262. The highest BCUT2D eigenvalue weighted by Gasteiger charge is 2.37. The summed E-state index contributed by atoms with van der Waals surface area (Å²) in [5, 5.41) is 18.7. The number of aliphatic hydroxyl groups excluding tert-OH is 1. The fourth-order valence-corrected chi connectivity index (χ4v) is 12.9. The van der Waals surface area contributed by atoms with Crippen LogP contribution in [0, 0.1) is 12.8 Å². The third-order valence-corrected chi connectivity index (χ3v) is 18.1. The number of likely N-dealkylation sites (N-methyl/N-ethyl adjacent to an activating group) is 1. The molecule has 1 saturated heterocycles. The summed E-state index contributed by atoms with van der Waals surface area (Å²) < 4.78 is 61.0. The zero-order valence-corrected chi connectivity index (χ0v) is 53.6. The van der Waals surface area contributed by atoms with Crippen LogP contribution >= 0.6 is 35.0 Å². The lowest BCUT2D eigenvalue weighted by Crippen LogP contribution is -2.47. The van der Waals surface area contributed by atoms with E-state index in [-0.39, 0.29) is 59.2 Å². The number of H-pyrrole nitrogens is 2. The highest BCUT2D eigenvalue weighted by Crippen LogP contribution is 2.41. The van der Waals surface area contributed by atoms with Gasteiger partial charge in [0.2, 0.25) is 11.9 Å². The number of aliphatic hydroxyl groups is 1. The van der Waals surface area contributed by atoms with Crippen molar-refractivity contribution in [1.29, 1.82) is 0 Å². The molecule has 9 N–H and O–H groups in total. The summed E-state index contributed by atoms with van der Waals surface area (Å²) in [6.45, 7) is 6.61. The van der Waals surface area contributed by atoms with Gasteiger partial charge in [0.1, 0.15) is 28.9 Å². The number of nitrogens with one attached hydrogen (secondary N) is 2. The third-order valence-electron chi connectivity index (χ3n) is 15.0. The van der Waals surface area contributed by atoms with Crippen LogP contribution < -0.4 is 27.6 Å². The fourth-order valence-electron chi connectivity index (χ4n) is 10.4. The van der Waals surface area contributed by atoms with E-state index in [0.29, 0.717) is 55.0 Å². The molecule has 1 aliphatic carbocycles. The number of carbonyl (C=O) groups is 1. The first-order valence-corrected chi connectivity index (χ1v) is 32.2. The van der Waals surface area contributed by atoms with Gasteiger partial charge in [-0.25, -0.2) is 4.79 Å². The molecule has 5 aromatic heterocycles. The first kappa shape index (κ1) is 67.9. The van der Waals surface area contributed by atoms with Gasteiger partial charge in [0, 0.05) is 83.2 Å². The number of aromatic nitrogens is 9. The van der Waals surface area contributed by atoms with Gasteiger partial charge in [-0.05, 0) is 98.5 Å². The molecule has 27 heteroatoms. The summed E-state index contributed by atoms with van der Waals surface area (Å²) in [7, 11) is 2.15. The molecule has 0 bridgehead atoms. The molecule has 0 saturated carbocycles. The van der Waals surface area contributed by atoms with Gasteiger partial charge in [0.05, 0.1) is 39.3 Å². The molecule has 13 rings (SSSR count). The number of alkyl halides is 3. The van der Waals surface area contributed by atoms with Crippen molar-refractivity contribution in [2.24, 2.45) is 5.92 Å². The maximum absolute atomic E-state index is 12.9. The summed E-state index contributed by atoms with van der Waals surface area (Å²) in [6.07, 6.45) is 3.51. The van der Waals surface area contributed by atoms with Crippen LogP contribution in [0.5, 0.6) is 5.75 Å². The Balaban J connectivity index is 0.000000139. The number of carbonyl (C=O) groups excluding carboxylic acids is 1. The van der Waals surface area contributed by atoms with Crippen LogP contribution in [0.4, 0.5) is 30.8 Å². The molecule has 1 unspecified atom stereocenters. The van der Waals surface area contributed by atoms with Crippen LogP contribution in [0.3, 0.4) is 0 Å². The largest absolute Gasteiger partial charge is 0.609 e. The van der Waals surface area contributed by atoms with E-state index in [1.54, 1.807) is 43.5 Å². The number of fused-ring (bicyclic) bond motifs is 3. The number of imidazole rings is 1. The standard InChI is InChI=1S/C20H25N3O.C16H14F3N3O2S.C12H10.C9H7Cl2N5.C8H11N3O3S/c1-4-23(5-2)20(24)14-9-16-15-7-6-8-17-19(15)13(11-21-17)10-18(16)22(3)12-14;1-10-13(20-7-6-14(10)24-9-16(17,18)19)8-25(23)15-21-11-4-2-3-5-12(11)22-15;1-3-7-11(8-4-1)12-9-5-2-6-10-12;10-5-3-1-2-4(6(5)11)7-8(12)14-9(13)16-15-7;9-5-1-2-11(8(13)10-5)6-4-15-7(3-12)14-6/h6-9,11,14,18,21H,4-5,10,12H2,1-3H3;2-7H,8-9H2,1H3,(H,21,22);1-10H;1-3H,(H4,12,13,14,16);1-2,6-7,12H,3-4H2,(H2,9,10,13)/t14-,18-;;;;6-,7+/m1...0/s1. The van der Waals surface area contributed by atoms with Gasteiger partial charge >= 0.3 is 17.0 Å². The SMILES string of the molecule is CCN(CC)C(=O)[C@@H]1C=C2c3cccc4[nH]cc(c34)C[C@H]2N(C)C1.Cc1c(OCC(F)(F)F)ccnc1C[S+]([O-])c1nc2ccccc2[nH]1.Nc1ccn([C@@H]2CS[C@H](CO)O2)c(=O)n1.Nc1nnc(-c2cccc(Cl)c2Cl)c(N)n1.c1ccc(-c2ccccc2)cc1. The van der Waals surface area contributed by atoms with Crippen LogP contribution in [-0.2, 0) is 32.9 Å². The summed E-state index contributed by atoms with van der Waals surface area (Å²) in [5.41, 5.74) is 26.7. The Labute approximate surface area is 545 Å². The van der Waals surface area contributed by atoms with Crippen molar-refractivity contribution in [2.75, 3.05) is 62.8 Å². The summed E-state index contributed by atoms with van der Waals surface area (Å²) in [6, 6.07) is 42.9. The minimum atomic E-state index is -4.42. The zero-order valence-electron chi connectivity index (χ0n) is 50.4. The lowest BCUT2D eigenvalue weighted by Gasteiger charge is -2.40. The number of amides is 1. The first-order valence-electron chi connectivity index (χ1n) is 29.0. The normalized spacial score (nSPS) is 16.8. The molecule has 10 aromatic rings. The summed E-state index contributed by atoms with van der Waals surface area (Å²) >= 11 is 11.9. The Morgan fingerprint density at radius 3 is 2.21 bits per heavy atom. The van der Waals surface area contributed by atoms with Crippen molar-refractivity contribution < 1.29 is 37.1 Å². The average Bonchev–Trinajstić information content (AvgIpc) is 1.41. The molecule has 1 amide bonds. The highest BCUT2D eigenvalue weighted by molar-refractivity contribution is 8.00. The van der Waals surface area contributed by atoms with Crippen LogP contribution in [0.15, 0.2) is 168 Å². The Hall–Kier alpha value is -8.53. The number of benzene rings is 5. The lowest BCUT2D eigenvalue weighted by molar-refractivity contribution is -0.153. The minimum Gasteiger partial charge on any atom is -0.609 e. The molecule has 20 nitrogen and oxygen atoms in total. The molecule has 92 heavy (non-hydrogen) atoms. The molecule has 5 atom stereocenters. The summed E-state index contributed by atoms with van der Waals surface area (Å²) in [5.74, 6) is 1.30. The van der Waals surface area contributed by atoms with Crippen LogP contribution in [-0.4, -0.2) is 133 Å². The van der Waals surface area contributed by atoms with E-state index in [0.717, 1.165) is 31.6 Å². The van der Waals surface area contributed by atoms with Gasteiger partial charge in [-0.2, -0.15) is 28.1 Å². The Kier molecular flexibility index (Phi) is 23.0. The number of nitrogen functional groups attached to an aromatic ring is 3. The van der Waals surface area contributed by atoms with Crippen molar-refractivity contribution >= 4 is 97.1 Å². The van der Waals surface area contributed by atoms with Crippen molar-refractivity contribution in [3.05, 3.63) is 201 Å². The highest BCUT2D eigenvalue weighted by atomic mass is 35.5. The van der Waals surface area contributed by atoms with Gasteiger partial charge in [0.25, 0.3) is 0 Å². The number of hydrogen-bond donors (Lipinski definition) is 6. The van der Waals surface area contributed by atoms with E-state index in [1.807, 2.05) is 35.2 Å². The first-order chi connectivity index (χ1) is 44.2. The second-order valence-electron chi connectivity index (χ2n) is 21.1. The second kappa shape index (κ2) is 31.2. The van der Waals surface area contributed by atoms with Crippen molar-refractivity contribution in [3.8, 4) is 28.1 Å². The minimum absolute atomic E-state index is 0.0133. The van der Waals surface area contributed by atoms with Crippen LogP contribution in [0.25, 0.3) is 49.9 Å². The Bertz CT molecular complexity index is 4150. The van der Waals surface area contributed by atoms with E-state index in [2.05, 4.69) is 145 Å². The number of aromatic amines is 2. The van der Waals surface area contributed by atoms with E-state index >= 15 is 0 Å². The van der Waals surface area contributed by atoms with Crippen LogP contribution in [0.1, 0.15) is 42.5 Å². The topological polar surface area (TPSA) is 294 Å². The van der Waals surface area contributed by atoms with Crippen molar-refractivity contribution in [3.63, 3.8) is 0 Å². The number of rotatable bonds is 12. The zero-order chi connectivity index (χ0) is 65.6. The van der Waals surface area contributed by atoms with Crippen LogP contribution in [0.2, 0.25) is 10.0 Å². The van der Waals surface area contributed by atoms with Gasteiger partial charge in [0.15, 0.2) is 18.2 Å². The maximum Gasteiger partial charge on any atom is 0.422 e. The molecule has 2 aliphatic heterocycles. The lowest BCUT2D eigenvalue weighted by atomic mass is 9.79. The van der Waals surface area contributed by atoms with Gasteiger partial charge in [-0.15, -0.1) is 22.0 Å². The number of nitrogens with two attached hydrogens (primary N) is 3. The predicted octanol–water partition coefficient (Wildman–Crippen LogP) is 11.2. The Morgan fingerprint density at radius 2 is 1.55 bits per heavy atom. The molecule has 1 fully saturated rings. The molecule has 7 heterocycles. The van der Waals surface area contributed by atoms with Crippen molar-refractivity contribution in [1.82, 2.24) is 54.5 Å². The average molecular weight is 1330 g/mol. The second-order valence-corrected chi connectivity index (χ2v) is 24.4. The predicted molar refractivity (Wildman–Crippen MR) is 357 cm³/mol. The molecule has 480 valence electrons. The Morgan fingerprint density at radius 1 is 0.880 bits per heavy atom. The number of nitrogens with zero attached hydrogens (tertiary/aromatic N) is 9. The number of pyridine rings is 1. The molecule has 0 spiro atoms. The number of hydrogen-bond acceptors (Lipinski definition) is 17. The quantitative estimate of drug-likeness (QED) is 0.0620. The monoisotopic (exact) mass is 1330 g/mol. The molecule has 3 aliphatic rings. The maximum atomic E-state index is 12.9. The third kappa shape index (κ3) is 16.9. The number of halogens is 5. The molecular formula is C65H67Cl2F3N14O6S2. The molecule has 5 aromatic carbocycles. The van der Waals surface area contributed by atoms with Gasteiger partial charge < -0.3 is 46.2 Å². The van der Waals surface area contributed by atoms with E-state index in [4.69, 9.17) is 55.0 Å². The van der Waals surface area contributed by atoms with Gasteiger partial charge in [-0.3, -0.25) is 24.2 Å². The number of ether oxygens (including phenoxy) is 2.